The number of nitrogens with zero attached hydrogens (tertiary/aromatic N) is 2. The molecule has 0 aliphatic carbocycles. The van der Waals surface area contributed by atoms with Crippen LogP contribution in [0.2, 0.25) is 0 Å². The molecular weight excluding hydrogens is 322 g/mol. The minimum atomic E-state index is -0.107. The third-order valence-electron chi connectivity index (χ3n) is 2.66. The molecular formula is C14H11N3OS3. The lowest BCUT2D eigenvalue weighted by molar-refractivity contribution is 0.0967. The predicted molar refractivity (Wildman–Crippen MR) is 89.9 cm³/mol. The Morgan fingerprint density at radius 1 is 1.24 bits per heavy atom. The number of carbonyl (C=O) groups is 1. The fourth-order valence-electron chi connectivity index (χ4n) is 1.63. The van der Waals surface area contributed by atoms with E-state index in [4.69, 9.17) is 0 Å². The van der Waals surface area contributed by atoms with Crippen molar-refractivity contribution in [1.29, 1.82) is 0 Å². The zero-order chi connectivity index (χ0) is 14.7. The summed E-state index contributed by atoms with van der Waals surface area (Å²) in [5.74, 6) is -0.107. The van der Waals surface area contributed by atoms with Gasteiger partial charge in [0, 0.05) is 29.1 Å². The summed E-state index contributed by atoms with van der Waals surface area (Å²) in [4.78, 5) is 21.8. The van der Waals surface area contributed by atoms with Gasteiger partial charge in [-0.15, -0.1) is 22.7 Å². The highest BCUT2D eigenvalue weighted by atomic mass is 32.1. The van der Waals surface area contributed by atoms with Crippen molar-refractivity contribution in [3.05, 3.63) is 44.0 Å². The zero-order valence-corrected chi connectivity index (χ0v) is 13.5. The largest absolute Gasteiger partial charge is 0.354 e. The Labute approximate surface area is 133 Å². The first-order valence-electron chi connectivity index (χ1n) is 6.10. The van der Waals surface area contributed by atoms with Crippen LogP contribution in [0.25, 0.3) is 22.7 Å². The molecule has 1 amide bonds. The zero-order valence-electron chi connectivity index (χ0n) is 11.1. The van der Waals surface area contributed by atoms with Gasteiger partial charge in [0.15, 0.2) is 0 Å². The Balaban J connectivity index is 1.74. The SMILES string of the molecule is CNC(=O)c1cnc(/C=C/c2cnc(-c3ccsc3)s2)s1. The molecule has 0 aliphatic rings. The smallest absolute Gasteiger partial charge is 0.262 e. The molecule has 0 spiro atoms. The van der Waals surface area contributed by atoms with Crippen LogP contribution in [0, 0.1) is 0 Å². The number of thiophene rings is 1. The number of aromatic nitrogens is 2. The van der Waals surface area contributed by atoms with E-state index in [2.05, 4.69) is 26.7 Å². The molecule has 21 heavy (non-hydrogen) atoms. The Morgan fingerprint density at radius 2 is 2.14 bits per heavy atom. The van der Waals surface area contributed by atoms with Crippen LogP contribution in [-0.4, -0.2) is 22.9 Å². The topological polar surface area (TPSA) is 54.9 Å². The summed E-state index contributed by atoms with van der Waals surface area (Å²) >= 11 is 4.66. The summed E-state index contributed by atoms with van der Waals surface area (Å²) in [5, 5.41) is 8.54. The van der Waals surface area contributed by atoms with E-state index in [1.54, 1.807) is 35.9 Å². The van der Waals surface area contributed by atoms with E-state index in [0.29, 0.717) is 4.88 Å². The van der Waals surface area contributed by atoms with E-state index >= 15 is 0 Å². The van der Waals surface area contributed by atoms with Crippen molar-refractivity contribution in [2.45, 2.75) is 0 Å². The van der Waals surface area contributed by atoms with Crippen molar-refractivity contribution in [3.8, 4) is 10.6 Å². The Morgan fingerprint density at radius 3 is 2.90 bits per heavy atom. The molecule has 0 saturated heterocycles. The van der Waals surface area contributed by atoms with Crippen LogP contribution in [0.1, 0.15) is 19.6 Å². The van der Waals surface area contributed by atoms with Gasteiger partial charge in [-0.2, -0.15) is 11.3 Å². The second-order valence-electron chi connectivity index (χ2n) is 4.06. The first-order valence-corrected chi connectivity index (χ1v) is 8.68. The summed E-state index contributed by atoms with van der Waals surface area (Å²) in [6.07, 6.45) is 7.32. The van der Waals surface area contributed by atoms with E-state index in [1.165, 1.54) is 11.3 Å². The van der Waals surface area contributed by atoms with Crippen LogP contribution in [0.4, 0.5) is 0 Å². The second kappa shape index (κ2) is 6.30. The van der Waals surface area contributed by atoms with Crippen molar-refractivity contribution in [1.82, 2.24) is 15.3 Å². The number of rotatable bonds is 4. The number of nitrogens with one attached hydrogen (secondary N) is 1. The molecule has 0 aromatic carbocycles. The maximum Gasteiger partial charge on any atom is 0.262 e. The average Bonchev–Trinajstić information content (AvgIpc) is 3.23. The van der Waals surface area contributed by atoms with Gasteiger partial charge >= 0.3 is 0 Å². The molecule has 0 unspecified atom stereocenters. The van der Waals surface area contributed by atoms with Gasteiger partial charge < -0.3 is 5.32 Å². The molecule has 3 heterocycles. The van der Waals surface area contributed by atoms with Gasteiger partial charge in [-0.05, 0) is 23.6 Å². The third kappa shape index (κ3) is 3.26. The van der Waals surface area contributed by atoms with Crippen LogP contribution >= 0.6 is 34.0 Å². The van der Waals surface area contributed by atoms with Crippen LogP contribution in [0.3, 0.4) is 0 Å². The molecule has 0 fully saturated rings. The monoisotopic (exact) mass is 333 g/mol. The highest BCUT2D eigenvalue weighted by Gasteiger charge is 2.07. The first kappa shape index (κ1) is 14.1. The quantitative estimate of drug-likeness (QED) is 0.789. The fourth-order valence-corrected chi connectivity index (χ4v) is 3.93. The highest BCUT2D eigenvalue weighted by Crippen LogP contribution is 2.28. The second-order valence-corrected chi connectivity index (χ2v) is 6.96. The van der Waals surface area contributed by atoms with Gasteiger partial charge in [0.05, 0.1) is 6.20 Å². The molecule has 0 atom stereocenters. The fraction of sp³-hybridized carbons (Fsp3) is 0.0714. The molecule has 0 bridgehead atoms. The van der Waals surface area contributed by atoms with E-state index in [0.717, 1.165) is 20.5 Å². The van der Waals surface area contributed by atoms with E-state index < -0.39 is 0 Å². The normalized spacial score (nSPS) is 11.1. The summed E-state index contributed by atoms with van der Waals surface area (Å²) in [6, 6.07) is 2.06. The van der Waals surface area contributed by atoms with Crippen molar-refractivity contribution in [2.24, 2.45) is 0 Å². The Kier molecular flexibility index (Phi) is 4.23. The maximum atomic E-state index is 11.5. The van der Waals surface area contributed by atoms with E-state index in [9.17, 15) is 4.79 Å². The highest BCUT2D eigenvalue weighted by molar-refractivity contribution is 7.16. The molecule has 3 aromatic rings. The lowest BCUT2D eigenvalue weighted by Crippen LogP contribution is -2.16. The molecule has 4 nitrogen and oxygen atoms in total. The van der Waals surface area contributed by atoms with Gasteiger partial charge in [0.25, 0.3) is 5.91 Å². The average molecular weight is 333 g/mol. The summed E-state index contributed by atoms with van der Waals surface area (Å²) in [5.41, 5.74) is 1.15. The van der Waals surface area contributed by atoms with Crippen molar-refractivity contribution in [3.63, 3.8) is 0 Å². The standard InChI is InChI=1S/C14H11N3OS3/c1-15-13(18)11-7-16-12(21-11)3-2-10-6-17-14(20-10)9-4-5-19-8-9/h2-8H,1H3,(H,15,18)/b3-2+. The lowest BCUT2D eigenvalue weighted by atomic mass is 10.4. The van der Waals surface area contributed by atoms with Gasteiger partial charge in [0.2, 0.25) is 0 Å². The molecule has 3 aromatic heterocycles. The number of amides is 1. The van der Waals surface area contributed by atoms with Gasteiger partial charge in [-0.25, -0.2) is 9.97 Å². The van der Waals surface area contributed by atoms with Gasteiger partial charge in [-0.3, -0.25) is 4.79 Å². The third-order valence-corrected chi connectivity index (χ3v) is 5.31. The summed E-state index contributed by atoms with van der Waals surface area (Å²) in [7, 11) is 1.61. The first-order chi connectivity index (χ1) is 10.3. The number of carbonyl (C=O) groups excluding carboxylic acids is 1. The molecule has 0 radical (unpaired) electrons. The summed E-state index contributed by atoms with van der Waals surface area (Å²) < 4.78 is 0. The van der Waals surface area contributed by atoms with Crippen LogP contribution in [0.5, 0.6) is 0 Å². The summed E-state index contributed by atoms with van der Waals surface area (Å²) in [6.45, 7) is 0. The molecule has 0 aliphatic heterocycles. The number of hydrogen-bond acceptors (Lipinski definition) is 6. The predicted octanol–water partition coefficient (Wildman–Crippen LogP) is 3.86. The van der Waals surface area contributed by atoms with Gasteiger partial charge in [0.1, 0.15) is 14.9 Å². The lowest BCUT2D eigenvalue weighted by Gasteiger charge is -1.90. The number of thiazole rings is 2. The van der Waals surface area contributed by atoms with Crippen LogP contribution in [0.15, 0.2) is 29.2 Å². The van der Waals surface area contributed by atoms with Gasteiger partial charge in [-0.1, -0.05) is 0 Å². The molecule has 0 saturated carbocycles. The van der Waals surface area contributed by atoms with Crippen molar-refractivity contribution < 1.29 is 4.79 Å². The Hall–Kier alpha value is -1.83. The maximum absolute atomic E-state index is 11.5. The molecule has 106 valence electrons. The molecule has 7 heteroatoms. The van der Waals surface area contributed by atoms with E-state index in [-0.39, 0.29) is 5.91 Å². The minimum absolute atomic E-state index is 0.107. The van der Waals surface area contributed by atoms with Crippen LogP contribution < -0.4 is 5.32 Å². The van der Waals surface area contributed by atoms with E-state index in [1.807, 2.05) is 23.7 Å². The Bertz CT molecular complexity index is 771. The minimum Gasteiger partial charge on any atom is -0.354 e. The van der Waals surface area contributed by atoms with Crippen molar-refractivity contribution >= 4 is 52.1 Å². The number of hydrogen-bond donors (Lipinski definition) is 1. The molecule has 3 rings (SSSR count). The molecule has 1 N–H and O–H groups in total. The van der Waals surface area contributed by atoms with Crippen molar-refractivity contribution in [2.75, 3.05) is 7.05 Å². The van der Waals surface area contributed by atoms with Crippen LogP contribution in [-0.2, 0) is 0 Å².